The van der Waals surface area contributed by atoms with Crippen molar-refractivity contribution >= 4 is 15.7 Å². The molecule has 1 aromatic carbocycles. The minimum Gasteiger partial charge on any atom is -0.339 e. The van der Waals surface area contributed by atoms with E-state index in [4.69, 9.17) is 0 Å². The number of carbonyl (C=O) groups excluding carboxylic acids is 1. The number of hydrogen-bond acceptors (Lipinski definition) is 5. The predicted molar refractivity (Wildman–Crippen MR) is 85.3 cm³/mol. The van der Waals surface area contributed by atoms with Gasteiger partial charge in [-0.05, 0) is 24.7 Å². The van der Waals surface area contributed by atoms with Gasteiger partial charge in [-0.15, -0.1) is 0 Å². The highest BCUT2D eigenvalue weighted by Gasteiger charge is 2.17. The van der Waals surface area contributed by atoms with Crippen molar-refractivity contribution in [3.05, 3.63) is 29.8 Å². The van der Waals surface area contributed by atoms with Crippen LogP contribution in [0.15, 0.2) is 29.2 Å². The Kier molecular flexibility index (Phi) is 5.55. The molecular weight excluding hydrogens is 302 g/mol. The van der Waals surface area contributed by atoms with E-state index in [0.29, 0.717) is 18.0 Å². The molecule has 0 aromatic heterocycles. The topological polar surface area (TPSA) is 69.7 Å². The van der Waals surface area contributed by atoms with Gasteiger partial charge in [-0.25, -0.2) is 8.42 Å². The van der Waals surface area contributed by atoms with E-state index in [1.54, 1.807) is 24.3 Å². The van der Waals surface area contributed by atoms with Gasteiger partial charge >= 0.3 is 0 Å². The predicted octanol–water partition coefficient (Wildman–Crippen LogP) is -0.0463. The molecule has 1 aliphatic rings. The summed E-state index contributed by atoms with van der Waals surface area (Å²) in [7, 11) is -1.27. The molecule has 0 atom stereocenters. The molecule has 1 saturated heterocycles. The second-order valence-corrected chi connectivity index (χ2v) is 7.73. The molecule has 0 saturated carbocycles. The SMILES string of the molecule is CN(CC(=O)N1CCNCC1)Cc1ccc(S(C)(=O)=O)cc1. The molecule has 0 aliphatic carbocycles. The number of benzene rings is 1. The van der Waals surface area contributed by atoms with E-state index in [-0.39, 0.29) is 5.91 Å². The number of nitrogens with zero attached hydrogens (tertiary/aromatic N) is 2. The van der Waals surface area contributed by atoms with E-state index < -0.39 is 9.84 Å². The summed E-state index contributed by atoms with van der Waals surface area (Å²) in [6.45, 7) is 4.20. The van der Waals surface area contributed by atoms with Crippen molar-refractivity contribution in [2.24, 2.45) is 0 Å². The number of hydrogen-bond donors (Lipinski definition) is 1. The number of piperazine rings is 1. The maximum atomic E-state index is 12.2. The lowest BCUT2D eigenvalue weighted by molar-refractivity contribution is -0.132. The Morgan fingerprint density at radius 2 is 1.82 bits per heavy atom. The van der Waals surface area contributed by atoms with Crippen LogP contribution in [0.25, 0.3) is 0 Å². The van der Waals surface area contributed by atoms with Crippen LogP contribution in [0.4, 0.5) is 0 Å². The van der Waals surface area contributed by atoms with Crippen molar-refractivity contribution in [3.63, 3.8) is 0 Å². The minimum absolute atomic E-state index is 0.136. The van der Waals surface area contributed by atoms with Crippen molar-refractivity contribution in [1.82, 2.24) is 15.1 Å². The maximum absolute atomic E-state index is 12.2. The van der Waals surface area contributed by atoms with Gasteiger partial charge in [-0.1, -0.05) is 12.1 Å². The fraction of sp³-hybridized carbons (Fsp3) is 0.533. The first-order chi connectivity index (χ1) is 10.4. The molecule has 0 spiro atoms. The lowest BCUT2D eigenvalue weighted by Gasteiger charge is -2.29. The van der Waals surface area contributed by atoms with Gasteiger partial charge in [0.2, 0.25) is 5.91 Å². The Balaban J connectivity index is 1.88. The zero-order valence-corrected chi connectivity index (χ0v) is 13.9. The molecule has 0 unspecified atom stereocenters. The van der Waals surface area contributed by atoms with Gasteiger partial charge in [0.1, 0.15) is 0 Å². The largest absolute Gasteiger partial charge is 0.339 e. The lowest BCUT2D eigenvalue weighted by atomic mass is 10.2. The van der Waals surface area contributed by atoms with Gasteiger partial charge in [0.25, 0.3) is 0 Å². The third-order valence-corrected chi connectivity index (χ3v) is 4.81. The fourth-order valence-electron chi connectivity index (χ4n) is 2.45. The number of carbonyl (C=O) groups is 1. The van der Waals surface area contributed by atoms with Crippen LogP contribution in [0.2, 0.25) is 0 Å². The molecule has 1 heterocycles. The van der Waals surface area contributed by atoms with Crippen molar-refractivity contribution in [3.8, 4) is 0 Å². The highest BCUT2D eigenvalue weighted by Crippen LogP contribution is 2.11. The zero-order valence-electron chi connectivity index (χ0n) is 13.1. The third-order valence-electron chi connectivity index (χ3n) is 3.68. The summed E-state index contributed by atoms with van der Waals surface area (Å²) in [6.07, 6.45) is 1.19. The molecule has 1 aromatic rings. The van der Waals surface area contributed by atoms with Crippen LogP contribution in [-0.4, -0.2) is 70.2 Å². The first-order valence-corrected chi connectivity index (χ1v) is 9.21. The Labute approximate surface area is 132 Å². The summed E-state index contributed by atoms with van der Waals surface area (Å²) in [6, 6.07) is 6.80. The Morgan fingerprint density at radius 1 is 1.23 bits per heavy atom. The molecule has 1 fully saturated rings. The molecule has 22 heavy (non-hydrogen) atoms. The molecule has 122 valence electrons. The molecule has 1 N–H and O–H groups in total. The van der Waals surface area contributed by atoms with Gasteiger partial charge in [0.05, 0.1) is 11.4 Å². The van der Waals surface area contributed by atoms with Gasteiger partial charge in [0, 0.05) is 39.0 Å². The first-order valence-electron chi connectivity index (χ1n) is 7.32. The van der Waals surface area contributed by atoms with Crippen LogP contribution in [-0.2, 0) is 21.2 Å². The van der Waals surface area contributed by atoms with E-state index in [1.165, 1.54) is 6.26 Å². The number of rotatable bonds is 5. The van der Waals surface area contributed by atoms with Crippen LogP contribution < -0.4 is 5.32 Å². The molecule has 6 nitrogen and oxygen atoms in total. The molecule has 2 rings (SSSR count). The summed E-state index contributed by atoms with van der Waals surface area (Å²) in [5, 5.41) is 3.22. The molecule has 1 amide bonds. The number of sulfone groups is 1. The Bertz CT molecular complexity index is 607. The summed E-state index contributed by atoms with van der Waals surface area (Å²) in [5.74, 6) is 0.136. The number of nitrogens with one attached hydrogen (secondary N) is 1. The quantitative estimate of drug-likeness (QED) is 0.822. The van der Waals surface area contributed by atoms with Gasteiger partial charge in [0.15, 0.2) is 9.84 Å². The molecule has 0 radical (unpaired) electrons. The average Bonchev–Trinajstić information content (AvgIpc) is 2.47. The lowest BCUT2D eigenvalue weighted by Crippen LogP contribution is -2.49. The van der Waals surface area contributed by atoms with Crippen LogP contribution >= 0.6 is 0 Å². The average molecular weight is 325 g/mol. The highest BCUT2D eigenvalue weighted by molar-refractivity contribution is 7.90. The van der Waals surface area contributed by atoms with E-state index >= 15 is 0 Å². The molecule has 0 bridgehead atoms. The Morgan fingerprint density at radius 3 is 2.36 bits per heavy atom. The minimum atomic E-state index is -3.16. The van der Waals surface area contributed by atoms with Crippen LogP contribution in [0.5, 0.6) is 0 Å². The normalized spacial score (nSPS) is 16.0. The Hall–Kier alpha value is -1.44. The number of likely N-dealkylation sites (N-methyl/N-ethyl adjacent to an activating group) is 1. The van der Waals surface area contributed by atoms with Crippen molar-refractivity contribution in [2.75, 3.05) is 46.0 Å². The fourth-order valence-corrected chi connectivity index (χ4v) is 3.09. The van der Waals surface area contributed by atoms with Gasteiger partial charge in [-0.3, -0.25) is 9.69 Å². The van der Waals surface area contributed by atoms with E-state index in [9.17, 15) is 13.2 Å². The van der Waals surface area contributed by atoms with Crippen LogP contribution in [0.1, 0.15) is 5.56 Å². The maximum Gasteiger partial charge on any atom is 0.236 e. The van der Waals surface area contributed by atoms with Gasteiger partial charge in [-0.2, -0.15) is 0 Å². The van der Waals surface area contributed by atoms with Crippen LogP contribution in [0, 0.1) is 0 Å². The summed E-state index contributed by atoms with van der Waals surface area (Å²) in [5.41, 5.74) is 0.989. The monoisotopic (exact) mass is 325 g/mol. The second-order valence-electron chi connectivity index (χ2n) is 5.72. The molecule has 1 aliphatic heterocycles. The van der Waals surface area contributed by atoms with Crippen molar-refractivity contribution in [2.45, 2.75) is 11.4 Å². The summed E-state index contributed by atoms with van der Waals surface area (Å²) in [4.78, 5) is 16.3. The second kappa shape index (κ2) is 7.21. The van der Waals surface area contributed by atoms with Crippen molar-refractivity contribution in [1.29, 1.82) is 0 Å². The first kappa shape index (κ1) is 16.9. The smallest absolute Gasteiger partial charge is 0.236 e. The summed E-state index contributed by atoms with van der Waals surface area (Å²) < 4.78 is 22.8. The van der Waals surface area contributed by atoms with E-state index in [0.717, 1.165) is 31.7 Å². The van der Waals surface area contributed by atoms with E-state index in [1.807, 2.05) is 16.8 Å². The summed E-state index contributed by atoms with van der Waals surface area (Å²) >= 11 is 0. The van der Waals surface area contributed by atoms with E-state index in [2.05, 4.69) is 5.32 Å². The van der Waals surface area contributed by atoms with Crippen LogP contribution in [0.3, 0.4) is 0 Å². The van der Waals surface area contributed by atoms with Crippen molar-refractivity contribution < 1.29 is 13.2 Å². The molecule has 7 heteroatoms. The standard InChI is InChI=1S/C15H23N3O3S/c1-17(12-15(19)18-9-7-16-8-10-18)11-13-3-5-14(6-4-13)22(2,20)21/h3-6,16H,7-12H2,1-2H3. The molecular formula is C15H23N3O3S. The third kappa shape index (κ3) is 4.79. The highest BCUT2D eigenvalue weighted by atomic mass is 32.2. The van der Waals surface area contributed by atoms with Gasteiger partial charge < -0.3 is 10.2 Å². The zero-order chi connectivity index (χ0) is 16.2. The number of amides is 1.